The van der Waals surface area contributed by atoms with E-state index < -0.39 is 0 Å². The number of hydrogen-bond acceptors (Lipinski definition) is 6. The molecule has 1 aromatic carbocycles. The number of amides is 1. The molecule has 7 heteroatoms. The van der Waals surface area contributed by atoms with E-state index in [1.807, 2.05) is 50.2 Å². The van der Waals surface area contributed by atoms with Gasteiger partial charge >= 0.3 is 0 Å². The van der Waals surface area contributed by atoms with Crippen molar-refractivity contribution in [3.05, 3.63) is 71.3 Å². The highest BCUT2D eigenvalue weighted by Gasteiger charge is 2.13. The standard InChI is InChI=1S/C20H21N5O2/c1-13-7-8-18(27-3)16(10-13)24-19(26)17-11-14(2)23-20(25-17)22-12-15-6-4-5-9-21-15/h4-11H,12H2,1-3H3,(H,24,26)(H,22,23,25). The zero-order valence-corrected chi connectivity index (χ0v) is 15.5. The van der Waals surface area contributed by atoms with Gasteiger partial charge in [-0.05, 0) is 49.7 Å². The molecule has 0 fully saturated rings. The number of ether oxygens (including phenoxy) is 1. The second-order valence-electron chi connectivity index (χ2n) is 6.05. The lowest BCUT2D eigenvalue weighted by molar-refractivity contribution is 0.102. The van der Waals surface area contributed by atoms with Gasteiger partial charge in [-0.1, -0.05) is 12.1 Å². The van der Waals surface area contributed by atoms with Gasteiger partial charge < -0.3 is 15.4 Å². The Balaban J connectivity index is 1.77. The van der Waals surface area contributed by atoms with Gasteiger partial charge in [0.25, 0.3) is 5.91 Å². The molecule has 0 bridgehead atoms. The first-order chi connectivity index (χ1) is 13.0. The number of rotatable bonds is 6. The summed E-state index contributed by atoms with van der Waals surface area (Å²) < 4.78 is 5.31. The molecule has 1 amide bonds. The normalized spacial score (nSPS) is 10.3. The van der Waals surface area contributed by atoms with Crippen molar-refractivity contribution in [3.8, 4) is 5.75 Å². The number of pyridine rings is 1. The Morgan fingerprint density at radius 2 is 1.96 bits per heavy atom. The van der Waals surface area contributed by atoms with Crippen molar-refractivity contribution in [1.29, 1.82) is 0 Å². The largest absolute Gasteiger partial charge is 0.495 e. The summed E-state index contributed by atoms with van der Waals surface area (Å²) in [6.45, 7) is 4.23. The van der Waals surface area contributed by atoms with Gasteiger partial charge in [0.15, 0.2) is 0 Å². The third-order valence-corrected chi connectivity index (χ3v) is 3.84. The molecule has 0 atom stereocenters. The smallest absolute Gasteiger partial charge is 0.274 e. The van der Waals surface area contributed by atoms with E-state index >= 15 is 0 Å². The van der Waals surface area contributed by atoms with Crippen molar-refractivity contribution in [2.45, 2.75) is 20.4 Å². The van der Waals surface area contributed by atoms with Crippen LogP contribution in [0.15, 0.2) is 48.7 Å². The third kappa shape index (κ3) is 4.78. The molecule has 0 saturated carbocycles. The summed E-state index contributed by atoms with van der Waals surface area (Å²) in [5, 5.41) is 5.96. The molecule has 3 rings (SSSR count). The highest BCUT2D eigenvalue weighted by Crippen LogP contribution is 2.25. The monoisotopic (exact) mass is 363 g/mol. The number of nitrogens with zero attached hydrogens (tertiary/aromatic N) is 3. The second kappa shape index (κ2) is 8.27. The fourth-order valence-electron chi connectivity index (χ4n) is 2.54. The number of aryl methyl sites for hydroxylation is 2. The fourth-order valence-corrected chi connectivity index (χ4v) is 2.54. The van der Waals surface area contributed by atoms with Crippen LogP contribution in [0.1, 0.15) is 27.4 Å². The van der Waals surface area contributed by atoms with Crippen molar-refractivity contribution in [2.24, 2.45) is 0 Å². The summed E-state index contributed by atoms with van der Waals surface area (Å²) in [5.41, 5.74) is 3.44. The van der Waals surface area contributed by atoms with Crippen LogP contribution in [0.2, 0.25) is 0 Å². The van der Waals surface area contributed by atoms with E-state index in [4.69, 9.17) is 4.74 Å². The summed E-state index contributed by atoms with van der Waals surface area (Å²) >= 11 is 0. The minimum Gasteiger partial charge on any atom is -0.495 e. The van der Waals surface area contributed by atoms with Crippen LogP contribution in [0.3, 0.4) is 0 Å². The topological polar surface area (TPSA) is 89.0 Å². The van der Waals surface area contributed by atoms with Crippen LogP contribution >= 0.6 is 0 Å². The number of benzene rings is 1. The van der Waals surface area contributed by atoms with E-state index in [-0.39, 0.29) is 11.6 Å². The lowest BCUT2D eigenvalue weighted by Crippen LogP contribution is -2.17. The fraction of sp³-hybridized carbons (Fsp3) is 0.200. The highest BCUT2D eigenvalue weighted by atomic mass is 16.5. The zero-order valence-electron chi connectivity index (χ0n) is 15.5. The van der Waals surface area contributed by atoms with Gasteiger partial charge in [-0.15, -0.1) is 0 Å². The van der Waals surface area contributed by atoms with E-state index in [0.717, 1.165) is 11.3 Å². The van der Waals surface area contributed by atoms with Crippen LogP contribution in [0, 0.1) is 13.8 Å². The third-order valence-electron chi connectivity index (χ3n) is 3.84. The first kappa shape index (κ1) is 18.3. The Kier molecular flexibility index (Phi) is 5.61. The minimum atomic E-state index is -0.328. The van der Waals surface area contributed by atoms with Crippen molar-refractivity contribution in [2.75, 3.05) is 17.7 Å². The molecule has 27 heavy (non-hydrogen) atoms. The van der Waals surface area contributed by atoms with E-state index in [2.05, 4.69) is 25.6 Å². The second-order valence-corrected chi connectivity index (χ2v) is 6.05. The molecule has 0 radical (unpaired) electrons. The molecule has 0 saturated heterocycles. The summed E-state index contributed by atoms with van der Waals surface area (Å²) in [5.74, 6) is 0.639. The van der Waals surface area contributed by atoms with Crippen LogP contribution in [0.5, 0.6) is 5.75 Å². The van der Waals surface area contributed by atoms with Crippen LogP contribution in [0.25, 0.3) is 0 Å². The average molecular weight is 363 g/mol. The van der Waals surface area contributed by atoms with Crippen LogP contribution < -0.4 is 15.4 Å². The van der Waals surface area contributed by atoms with Crippen molar-refractivity contribution >= 4 is 17.5 Å². The van der Waals surface area contributed by atoms with E-state index in [1.54, 1.807) is 19.4 Å². The quantitative estimate of drug-likeness (QED) is 0.698. The number of hydrogen-bond donors (Lipinski definition) is 2. The summed E-state index contributed by atoms with van der Waals surface area (Å²) in [7, 11) is 1.56. The average Bonchev–Trinajstić information content (AvgIpc) is 2.67. The molecular weight excluding hydrogens is 342 g/mol. The van der Waals surface area contributed by atoms with Gasteiger partial charge in [-0.25, -0.2) is 9.97 Å². The molecule has 138 valence electrons. The van der Waals surface area contributed by atoms with Gasteiger partial charge in [0.2, 0.25) is 5.95 Å². The van der Waals surface area contributed by atoms with Crippen LogP contribution in [-0.2, 0) is 6.54 Å². The number of carbonyl (C=O) groups is 1. The van der Waals surface area contributed by atoms with Gasteiger partial charge in [-0.3, -0.25) is 9.78 Å². The number of carbonyl (C=O) groups excluding carboxylic acids is 1. The molecular formula is C20H21N5O2. The Labute approximate surface area is 157 Å². The Bertz CT molecular complexity index is 944. The SMILES string of the molecule is COc1ccc(C)cc1NC(=O)c1cc(C)nc(NCc2ccccn2)n1. The summed E-state index contributed by atoms with van der Waals surface area (Å²) in [6.07, 6.45) is 1.72. The van der Waals surface area contributed by atoms with Crippen LogP contribution in [-0.4, -0.2) is 28.0 Å². The Morgan fingerprint density at radius 1 is 1.11 bits per heavy atom. The van der Waals surface area contributed by atoms with Crippen molar-refractivity contribution in [3.63, 3.8) is 0 Å². The Hall–Kier alpha value is -3.48. The van der Waals surface area contributed by atoms with E-state index in [0.29, 0.717) is 29.6 Å². The molecule has 0 spiro atoms. The lowest BCUT2D eigenvalue weighted by atomic mass is 10.2. The molecule has 0 unspecified atom stereocenters. The van der Waals surface area contributed by atoms with Crippen molar-refractivity contribution < 1.29 is 9.53 Å². The Morgan fingerprint density at radius 3 is 2.70 bits per heavy atom. The first-order valence-corrected chi connectivity index (χ1v) is 8.50. The lowest BCUT2D eigenvalue weighted by Gasteiger charge is -2.12. The van der Waals surface area contributed by atoms with Gasteiger partial charge in [0.05, 0.1) is 25.0 Å². The number of anilines is 2. The maximum absolute atomic E-state index is 12.7. The van der Waals surface area contributed by atoms with Crippen molar-refractivity contribution in [1.82, 2.24) is 15.0 Å². The first-order valence-electron chi connectivity index (χ1n) is 8.50. The minimum absolute atomic E-state index is 0.273. The number of methoxy groups -OCH3 is 1. The number of aromatic nitrogens is 3. The van der Waals surface area contributed by atoms with Gasteiger partial charge in [0.1, 0.15) is 11.4 Å². The number of nitrogens with one attached hydrogen (secondary N) is 2. The maximum Gasteiger partial charge on any atom is 0.274 e. The maximum atomic E-state index is 12.7. The predicted octanol–water partition coefficient (Wildman–Crippen LogP) is 3.36. The molecule has 0 aliphatic rings. The van der Waals surface area contributed by atoms with E-state index in [1.165, 1.54) is 0 Å². The molecule has 3 aromatic rings. The zero-order chi connectivity index (χ0) is 19.2. The summed E-state index contributed by atoms with van der Waals surface area (Å²) in [4.78, 5) is 25.6. The van der Waals surface area contributed by atoms with Crippen LogP contribution in [0.4, 0.5) is 11.6 Å². The molecule has 2 aromatic heterocycles. The summed E-state index contributed by atoms with van der Waals surface area (Å²) in [6, 6.07) is 12.9. The van der Waals surface area contributed by atoms with Gasteiger partial charge in [-0.2, -0.15) is 0 Å². The molecule has 2 N–H and O–H groups in total. The predicted molar refractivity (Wildman–Crippen MR) is 104 cm³/mol. The van der Waals surface area contributed by atoms with Gasteiger partial charge in [0, 0.05) is 11.9 Å². The molecule has 7 nitrogen and oxygen atoms in total. The van der Waals surface area contributed by atoms with E-state index in [9.17, 15) is 4.79 Å². The molecule has 0 aliphatic heterocycles. The molecule has 2 heterocycles. The highest BCUT2D eigenvalue weighted by molar-refractivity contribution is 6.04. The molecule has 0 aliphatic carbocycles.